The van der Waals surface area contributed by atoms with Gasteiger partial charge in [0.2, 0.25) is 5.91 Å². The van der Waals surface area contributed by atoms with E-state index in [0.29, 0.717) is 10.6 Å². The van der Waals surface area contributed by atoms with E-state index in [0.717, 1.165) is 12.1 Å². The Morgan fingerprint density at radius 2 is 2.00 bits per heavy atom. The number of nitriles is 1. The van der Waals surface area contributed by atoms with Crippen molar-refractivity contribution in [2.45, 2.75) is 12.5 Å². The van der Waals surface area contributed by atoms with Crippen molar-refractivity contribution in [2.24, 2.45) is 5.73 Å². The zero-order chi connectivity index (χ0) is 17.9. The lowest BCUT2D eigenvalue weighted by Crippen LogP contribution is -2.52. The van der Waals surface area contributed by atoms with Crippen molar-refractivity contribution in [3.8, 4) is 6.07 Å². The second kappa shape index (κ2) is 6.69. The molecule has 5 nitrogen and oxygen atoms in total. The lowest BCUT2D eigenvalue weighted by atomic mass is 9.90. The largest absolute Gasteiger partial charge is 0.367 e. The Morgan fingerprint density at radius 1 is 1.29 bits per heavy atom. The summed E-state index contributed by atoms with van der Waals surface area (Å²) in [6, 6.07) is 11.3. The molecular formula is C17H13ClFN3O2. The van der Waals surface area contributed by atoms with Crippen LogP contribution in [0.1, 0.15) is 28.4 Å². The van der Waals surface area contributed by atoms with Crippen LogP contribution in [0.15, 0.2) is 42.5 Å². The van der Waals surface area contributed by atoms with Gasteiger partial charge in [0.25, 0.3) is 5.91 Å². The second-order valence-corrected chi connectivity index (χ2v) is 5.70. The maximum Gasteiger partial charge on any atom is 0.252 e. The van der Waals surface area contributed by atoms with Gasteiger partial charge in [-0.25, -0.2) is 4.39 Å². The zero-order valence-electron chi connectivity index (χ0n) is 12.6. The molecule has 0 spiro atoms. The minimum absolute atomic E-state index is 0.0300. The van der Waals surface area contributed by atoms with Crippen molar-refractivity contribution in [2.75, 3.05) is 0 Å². The van der Waals surface area contributed by atoms with Gasteiger partial charge in [-0.05, 0) is 42.8 Å². The molecule has 0 saturated carbocycles. The molecule has 7 heteroatoms. The monoisotopic (exact) mass is 345 g/mol. The van der Waals surface area contributed by atoms with E-state index in [1.807, 2.05) is 0 Å². The number of nitrogens with one attached hydrogen (secondary N) is 1. The Morgan fingerprint density at radius 3 is 2.58 bits per heavy atom. The van der Waals surface area contributed by atoms with Gasteiger partial charge < -0.3 is 11.1 Å². The molecule has 1 unspecified atom stereocenters. The van der Waals surface area contributed by atoms with Gasteiger partial charge >= 0.3 is 0 Å². The number of amides is 2. The molecule has 0 heterocycles. The molecule has 0 fully saturated rings. The summed E-state index contributed by atoms with van der Waals surface area (Å²) in [5.74, 6) is -2.20. The minimum Gasteiger partial charge on any atom is -0.367 e. The Hall–Kier alpha value is -2.91. The molecule has 122 valence electrons. The third-order valence-corrected chi connectivity index (χ3v) is 3.84. The topological polar surface area (TPSA) is 96.0 Å². The van der Waals surface area contributed by atoms with Gasteiger partial charge in [0.1, 0.15) is 17.4 Å². The number of carbonyl (C=O) groups is 2. The van der Waals surface area contributed by atoms with Crippen LogP contribution < -0.4 is 11.1 Å². The molecule has 1 atom stereocenters. The molecule has 2 aromatic carbocycles. The SMILES string of the molecule is CC(NC(=O)c1ccc(F)c(C#N)c1)(C(N)=O)c1cccc(Cl)c1. The van der Waals surface area contributed by atoms with Crippen molar-refractivity contribution >= 4 is 23.4 Å². The highest BCUT2D eigenvalue weighted by Crippen LogP contribution is 2.24. The van der Waals surface area contributed by atoms with E-state index in [9.17, 15) is 14.0 Å². The number of halogens is 2. The van der Waals surface area contributed by atoms with Gasteiger partial charge in [-0.3, -0.25) is 9.59 Å². The van der Waals surface area contributed by atoms with Crippen LogP contribution >= 0.6 is 11.6 Å². The summed E-state index contributed by atoms with van der Waals surface area (Å²) in [4.78, 5) is 24.3. The Labute approximate surface area is 142 Å². The lowest BCUT2D eigenvalue weighted by molar-refractivity contribution is -0.123. The summed E-state index contributed by atoms with van der Waals surface area (Å²) >= 11 is 5.92. The second-order valence-electron chi connectivity index (χ2n) is 5.26. The fraction of sp³-hybridized carbons (Fsp3) is 0.118. The average Bonchev–Trinajstić information content (AvgIpc) is 2.54. The molecule has 0 aliphatic carbocycles. The number of hydrogen-bond donors (Lipinski definition) is 2. The van der Waals surface area contributed by atoms with Crippen molar-refractivity contribution in [1.82, 2.24) is 5.32 Å². The van der Waals surface area contributed by atoms with Crippen LogP contribution in [-0.2, 0) is 10.3 Å². The highest BCUT2D eigenvalue weighted by molar-refractivity contribution is 6.30. The number of nitrogens with zero attached hydrogens (tertiary/aromatic N) is 1. The predicted octanol–water partition coefficient (Wildman–Crippen LogP) is 2.48. The van der Waals surface area contributed by atoms with Crippen molar-refractivity contribution in [1.29, 1.82) is 5.26 Å². The van der Waals surface area contributed by atoms with E-state index in [-0.39, 0.29) is 11.1 Å². The Kier molecular flexibility index (Phi) is 4.86. The Balaban J connectivity index is 2.40. The summed E-state index contributed by atoms with van der Waals surface area (Å²) in [5, 5.41) is 11.7. The summed E-state index contributed by atoms with van der Waals surface area (Å²) in [7, 11) is 0. The number of nitrogens with two attached hydrogens (primary N) is 1. The summed E-state index contributed by atoms with van der Waals surface area (Å²) in [6.45, 7) is 1.44. The third-order valence-electron chi connectivity index (χ3n) is 3.61. The molecule has 2 aromatic rings. The third kappa shape index (κ3) is 3.36. The standard InChI is InChI=1S/C17H13ClFN3O2/c1-17(16(21)24,12-3-2-4-13(18)8-12)22-15(23)10-5-6-14(19)11(7-10)9-20/h2-8H,1H3,(H2,21,24)(H,22,23). The fourth-order valence-corrected chi connectivity index (χ4v) is 2.32. The lowest BCUT2D eigenvalue weighted by Gasteiger charge is -2.28. The first-order valence-corrected chi connectivity index (χ1v) is 7.24. The van der Waals surface area contributed by atoms with Gasteiger partial charge in [0.05, 0.1) is 5.56 Å². The van der Waals surface area contributed by atoms with Gasteiger partial charge in [0.15, 0.2) is 0 Å². The molecule has 0 saturated heterocycles. The minimum atomic E-state index is -1.52. The normalized spacial score (nSPS) is 12.8. The van der Waals surface area contributed by atoms with Crippen LogP contribution in [-0.4, -0.2) is 11.8 Å². The first kappa shape index (κ1) is 17.4. The van der Waals surface area contributed by atoms with E-state index >= 15 is 0 Å². The van der Waals surface area contributed by atoms with Crippen LogP contribution in [0, 0.1) is 17.1 Å². The van der Waals surface area contributed by atoms with Crippen molar-refractivity contribution in [3.63, 3.8) is 0 Å². The number of hydrogen-bond acceptors (Lipinski definition) is 3. The summed E-state index contributed by atoms with van der Waals surface area (Å²) in [5.41, 5.74) is 4.09. The van der Waals surface area contributed by atoms with E-state index in [4.69, 9.17) is 22.6 Å². The van der Waals surface area contributed by atoms with Crippen LogP contribution in [0.5, 0.6) is 0 Å². The molecular weight excluding hydrogens is 333 g/mol. The van der Waals surface area contributed by atoms with E-state index in [1.165, 1.54) is 19.1 Å². The number of carbonyl (C=O) groups excluding carboxylic acids is 2. The van der Waals surface area contributed by atoms with Gasteiger partial charge in [-0.2, -0.15) is 5.26 Å². The van der Waals surface area contributed by atoms with Gasteiger partial charge in [-0.15, -0.1) is 0 Å². The number of rotatable bonds is 4. The average molecular weight is 346 g/mol. The quantitative estimate of drug-likeness (QED) is 0.890. The highest BCUT2D eigenvalue weighted by atomic mass is 35.5. The molecule has 2 rings (SSSR count). The van der Waals surface area contributed by atoms with E-state index in [2.05, 4.69) is 5.32 Å². The molecule has 2 amide bonds. The number of benzene rings is 2. The fourth-order valence-electron chi connectivity index (χ4n) is 2.13. The maximum atomic E-state index is 13.4. The van der Waals surface area contributed by atoms with Crippen molar-refractivity contribution < 1.29 is 14.0 Å². The zero-order valence-corrected chi connectivity index (χ0v) is 13.4. The number of primary amides is 1. The highest BCUT2D eigenvalue weighted by Gasteiger charge is 2.35. The molecule has 0 aromatic heterocycles. The molecule has 24 heavy (non-hydrogen) atoms. The summed E-state index contributed by atoms with van der Waals surface area (Å²) in [6.07, 6.45) is 0. The van der Waals surface area contributed by atoms with Crippen LogP contribution in [0.2, 0.25) is 5.02 Å². The Bertz CT molecular complexity index is 863. The molecule has 0 aliphatic heterocycles. The molecule has 0 bridgehead atoms. The van der Waals surface area contributed by atoms with Gasteiger partial charge in [-0.1, -0.05) is 23.7 Å². The predicted molar refractivity (Wildman–Crippen MR) is 86.6 cm³/mol. The molecule has 0 radical (unpaired) electrons. The molecule has 0 aliphatic rings. The van der Waals surface area contributed by atoms with Crippen LogP contribution in [0.25, 0.3) is 0 Å². The smallest absolute Gasteiger partial charge is 0.252 e. The van der Waals surface area contributed by atoms with Gasteiger partial charge in [0, 0.05) is 10.6 Å². The first-order valence-electron chi connectivity index (χ1n) is 6.86. The van der Waals surface area contributed by atoms with E-state index in [1.54, 1.807) is 24.3 Å². The first-order chi connectivity index (χ1) is 11.3. The van der Waals surface area contributed by atoms with Crippen LogP contribution in [0.3, 0.4) is 0 Å². The van der Waals surface area contributed by atoms with E-state index < -0.39 is 23.2 Å². The molecule has 3 N–H and O–H groups in total. The van der Waals surface area contributed by atoms with Crippen molar-refractivity contribution in [3.05, 3.63) is 70.0 Å². The summed E-state index contributed by atoms with van der Waals surface area (Å²) < 4.78 is 13.4. The van der Waals surface area contributed by atoms with Crippen LogP contribution in [0.4, 0.5) is 4.39 Å². The maximum absolute atomic E-state index is 13.4.